The Bertz CT molecular complexity index is 636. The molecule has 0 unspecified atom stereocenters. The molecule has 0 radical (unpaired) electrons. The maximum atomic E-state index is 5.39. The number of nitrogens with zero attached hydrogens (tertiary/aromatic N) is 1. The van der Waals surface area contributed by atoms with Crippen molar-refractivity contribution in [2.24, 2.45) is 0 Å². The first-order chi connectivity index (χ1) is 9.53. The van der Waals surface area contributed by atoms with Gasteiger partial charge in [-0.2, -0.15) is 0 Å². The summed E-state index contributed by atoms with van der Waals surface area (Å²) < 4.78 is 10.7. The number of rotatable bonds is 4. The molecule has 0 aliphatic rings. The molecule has 0 amide bonds. The number of anilines is 1. The van der Waals surface area contributed by atoms with E-state index in [9.17, 15) is 0 Å². The summed E-state index contributed by atoms with van der Waals surface area (Å²) in [5.41, 5.74) is 4.31. The van der Waals surface area contributed by atoms with Crippen molar-refractivity contribution in [1.29, 1.82) is 0 Å². The lowest BCUT2D eigenvalue weighted by molar-refractivity contribution is 0.356. The second kappa shape index (κ2) is 5.57. The van der Waals surface area contributed by atoms with Crippen LogP contribution >= 0.6 is 0 Å². The molecule has 1 aromatic heterocycles. The van der Waals surface area contributed by atoms with Crippen molar-refractivity contribution in [3.63, 3.8) is 0 Å². The van der Waals surface area contributed by atoms with Crippen LogP contribution in [0.1, 0.15) is 31.0 Å². The third-order valence-corrected chi connectivity index (χ3v) is 3.55. The van der Waals surface area contributed by atoms with E-state index in [1.54, 1.807) is 14.2 Å². The van der Waals surface area contributed by atoms with Gasteiger partial charge in [0.1, 0.15) is 0 Å². The average molecular weight is 274 g/mol. The SMILES string of the molecule is CNc1c(C(C)C)c(C)nc2cc(OC)c(OC)cc12. The van der Waals surface area contributed by atoms with Gasteiger partial charge < -0.3 is 14.8 Å². The van der Waals surface area contributed by atoms with Crippen LogP contribution in [0.2, 0.25) is 0 Å². The summed E-state index contributed by atoms with van der Waals surface area (Å²) in [4.78, 5) is 4.71. The van der Waals surface area contributed by atoms with E-state index in [0.717, 1.165) is 28.0 Å². The number of hydrogen-bond acceptors (Lipinski definition) is 4. The first kappa shape index (κ1) is 14.4. The van der Waals surface area contributed by atoms with Crippen molar-refractivity contribution < 1.29 is 9.47 Å². The second-order valence-corrected chi connectivity index (χ2v) is 5.11. The van der Waals surface area contributed by atoms with Gasteiger partial charge in [-0.15, -0.1) is 0 Å². The molecule has 0 saturated carbocycles. The zero-order chi connectivity index (χ0) is 14.9. The molecule has 2 aromatic rings. The van der Waals surface area contributed by atoms with Crippen molar-refractivity contribution in [3.8, 4) is 11.5 Å². The third kappa shape index (κ3) is 2.26. The van der Waals surface area contributed by atoms with Crippen molar-refractivity contribution in [2.45, 2.75) is 26.7 Å². The van der Waals surface area contributed by atoms with Crippen molar-refractivity contribution >= 4 is 16.6 Å². The lowest BCUT2D eigenvalue weighted by Crippen LogP contribution is -2.04. The summed E-state index contributed by atoms with van der Waals surface area (Å²) in [7, 11) is 5.22. The topological polar surface area (TPSA) is 43.4 Å². The van der Waals surface area contributed by atoms with Crippen LogP contribution in [0.25, 0.3) is 10.9 Å². The van der Waals surface area contributed by atoms with Crippen LogP contribution in [0.4, 0.5) is 5.69 Å². The number of hydrogen-bond donors (Lipinski definition) is 1. The van der Waals surface area contributed by atoms with Crippen LogP contribution in [0.15, 0.2) is 12.1 Å². The summed E-state index contributed by atoms with van der Waals surface area (Å²) in [6, 6.07) is 3.91. The van der Waals surface area contributed by atoms with E-state index in [0.29, 0.717) is 11.7 Å². The molecule has 1 N–H and O–H groups in total. The van der Waals surface area contributed by atoms with E-state index >= 15 is 0 Å². The van der Waals surface area contributed by atoms with Crippen LogP contribution in [0, 0.1) is 6.92 Å². The molecule has 1 heterocycles. The minimum absolute atomic E-state index is 0.405. The van der Waals surface area contributed by atoms with Crippen LogP contribution in [0.5, 0.6) is 11.5 Å². The van der Waals surface area contributed by atoms with Gasteiger partial charge in [0.25, 0.3) is 0 Å². The molecular formula is C16H22N2O2. The van der Waals surface area contributed by atoms with E-state index in [4.69, 9.17) is 14.5 Å². The summed E-state index contributed by atoms with van der Waals surface area (Å²) in [5, 5.41) is 4.37. The molecule has 20 heavy (non-hydrogen) atoms. The lowest BCUT2D eigenvalue weighted by atomic mass is 9.96. The highest BCUT2D eigenvalue weighted by molar-refractivity contribution is 5.95. The molecule has 4 heteroatoms. The van der Waals surface area contributed by atoms with E-state index in [1.165, 1.54) is 5.56 Å². The van der Waals surface area contributed by atoms with E-state index in [1.807, 2.05) is 26.1 Å². The number of fused-ring (bicyclic) bond motifs is 1. The molecule has 0 atom stereocenters. The standard InChI is InChI=1S/C16H22N2O2/c1-9(2)15-10(3)18-12-8-14(20-6)13(19-5)7-11(12)16(15)17-4/h7-9H,1-6H3,(H,17,18). The summed E-state index contributed by atoms with van der Waals surface area (Å²) in [6.45, 7) is 6.40. The van der Waals surface area contributed by atoms with Crippen LogP contribution in [0.3, 0.4) is 0 Å². The average Bonchev–Trinajstić information content (AvgIpc) is 2.43. The number of methoxy groups -OCH3 is 2. The fourth-order valence-corrected chi connectivity index (χ4v) is 2.70. The second-order valence-electron chi connectivity index (χ2n) is 5.11. The maximum absolute atomic E-state index is 5.39. The highest BCUT2D eigenvalue weighted by Crippen LogP contribution is 2.38. The summed E-state index contributed by atoms with van der Waals surface area (Å²) in [5.74, 6) is 1.82. The van der Waals surface area contributed by atoms with E-state index < -0.39 is 0 Å². The van der Waals surface area contributed by atoms with Crippen molar-refractivity contribution in [1.82, 2.24) is 4.98 Å². The van der Waals surface area contributed by atoms with Gasteiger partial charge in [0.2, 0.25) is 0 Å². The molecular weight excluding hydrogens is 252 g/mol. The maximum Gasteiger partial charge on any atom is 0.162 e. The predicted molar refractivity (Wildman–Crippen MR) is 83.2 cm³/mol. The molecule has 2 rings (SSSR count). The molecule has 4 nitrogen and oxygen atoms in total. The van der Waals surface area contributed by atoms with Crippen molar-refractivity contribution in [2.75, 3.05) is 26.6 Å². The van der Waals surface area contributed by atoms with Crippen LogP contribution < -0.4 is 14.8 Å². The third-order valence-electron chi connectivity index (χ3n) is 3.55. The molecule has 0 saturated heterocycles. The van der Waals surface area contributed by atoms with Gasteiger partial charge >= 0.3 is 0 Å². The Balaban J connectivity index is 2.85. The highest BCUT2D eigenvalue weighted by atomic mass is 16.5. The first-order valence-electron chi connectivity index (χ1n) is 6.77. The number of nitrogens with one attached hydrogen (secondary N) is 1. The lowest BCUT2D eigenvalue weighted by Gasteiger charge is -2.19. The molecule has 0 bridgehead atoms. The van der Waals surface area contributed by atoms with Crippen LogP contribution in [-0.4, -0.2) is 26.3 Å². The zero-order valence-corrected chi connectivity index (χ0v) is 13.0. The van der Waals surface area contributed by atoms with Gasteiger partial charge in [-0.05, 0) is 24.5 Å². The number of aromatic nitrogens is 1. The molecule has 0 spiro atoms. The Morgan fingerprint density at radius 2 is 1.70 bits per heavy atom. The highest BCUT2D eigenvalue weighted by Gasteiger charge is 2.17. The Labute approximate surface area is 120 Å². The van der Waals surface area contributed by atoms with Crippen LogP contribution in [-0.2, 0) is 0 Å². The zero-order valence-electron chi connectivity index (χ0n) is 13.0. The number of ether oxygens (including phenoxy) is 2. The fraction of sp³-hybridized carbons (Fsp3) is 0.438. The Morgan fingerprint density at radius 1 is 1.10 bits per heavy atom. The van der Waals surface area contributed by atoms with Gasteiger partial charge in [0.05, 0.1) is 19.7 Å². The predicted octanol–water partition coefficient (Wildman–Crippen LogP) is 3.73. The molecule has 0 aliphatic carbocycles. The number of pyridine rings is 1. The van der Waals surface area contributed by atoms with E-state index in [2.05, 4.69) is 19.2 Å². The minimum atomic E-state index is 0.405. The monoisotopic (exact) mass is 274 g/mol. The number of aryl methyl sites for hydroxylation is 1. The Morgan fingerprint density at radius 3 is 2.20 bits per heavy atom. The van der Waals surface area contributed by atoms with Crippen molar-refractivity contribution in [3.05, 3.63) is 23.4 Å². The summed E-state index contributed by atoms with van der Waals surface area (Å²) >= 11 is 0. The number of benzene rings is 1. The smallest absolute Gasteiger partial charge is 0.162 e. The van der Waals surface area contributed by atoms with Gasteiger partial charge in [-0.3, -0.25) is 4.98 Å². The van der Waals surface area contributed by atoms with Gasteiger partial charge in [-0.1, -0.05) is 13.8 Å². The molecule has 0 fully saturated rings. The summed E-state index contributed by atoms with van der Waals surface area (Å²) in [6.07, 6.45) is 0. The quantitative estimate of drug-likeness (QED) is 0.922. The molecule has 1 aromatic carbocycles. The Hall–Kier alpha value is -1.97. The van der Waals surface area contributed by atoms with Gasteiger partial charge in [0.15, 0.2) is 11.5 Å². The van der Waals surface area contributed by atoms with Gasteiger partial charge in [0, 0.05) is 29.9 Å². The largest absolute Gasteiger partial charge is 0.493 e. The first-order valence-corrected chi connectivity index (χ1v) is 6.77. The molecule has 0 aliphatic heterocycles. The minimum Gasteiger partial charge on any atom is -0.493 e. The van der Waals surface area contributed by atoms with E-state index in [-0.39, 0.29) is 0 Å². The molecule has 108 valence electrons. The van der Waals surface area contributed by atoms with Gasteiger partial charge in [-0.25, -0.2) is 0 Å². The Kier molecular flexibility index (Phi) is 4.02. The fourth-order valence-electron chi connectivity index (χ4n) is 2.70. The normalized spacial score (nSPS) is 10.9.